The summed E-state index contributed by atoms with van der Waals surface area (Å²) in [6.45, 7) is 4.51. The Labute approximate surface area is 168 Å². The Bertz CT molecular complexity index is 750. The predicted molar refractivity (Wildman–Crippen MR) is 110 cm³/mol. The Morgan fingerprint density at radius 1 is 1.04 bits per heavy atom. The molecule has 8 heteroatoms. The van der Waals surface area contributed by atoms with E-state index in [1.165, 1.54) is 16.1 Å². The maximum Gasteiger partial charge on any atom is 0.321 e. The molecule has 2 heterocycles. The second-order valence-corrected chi connectivity index (χ2v) is 9.65. The number of carbonyl (C=O) groups excluding carboxylic acids is 1. The average molecular weight is 410 g/mol. The quantitative estimate of drug-likeness (QED) is 0.811. The molecule has 28 heavy (non-hydrogen) atoms. The number of benzene rings is 1. The van der Waals surface area contributed by atoms with Crippen molar-refractivity contribution in [3.63, 3.8) is 0 Å². The fraction of sp³-hybridized carbons (Fsp3) is 0.650. The number of hydrogen-bond acceptors (Lipinski definition) is 4. The van der Waals surface area contributed by atoms with Crippen LogP contribution in [0.1, 0.15) is 38.2 Å². The number of likely N-dealkylation sites (tertiary alicyclic amines) is 1. The Kier molecular flexibility index (Phi) is 6.95. The number of piperidine rings is 2. The summed E-state index contributed by atoms with van der Waals surface area (Å²) in [6.07, 6.45) is 5.59. The van der Waals surface area contributed by atoms with E-state index < -0.39 is 10.0 Å². The number of hydrogen-bond donors (Lipinski definition) is 1. The second-order valence-electron chi connectivity index (χ2n) is 7.66. The average Bonchev–Trinajstić information content (AvgIpc) is 2.69. The Morgan fingerprint density at radius 2 is 1.57 bits per heavy atom. The summed E-state index contributed by atoms with van der Waals surface area (Å²) in [7, 11) is -3.10. The van der Waals surface area contributed by atoms with Gasteiger partial charge < -0.3 is 15.0 Å². The van der Waals surface area contributed by atoms with Gasteiger partial charge in [0, 0.05) is 31.9 Å². The Morgan fingerprint density at radius 3 is 2.07 bits per heavy atom. The normalized spacial score (nSPS) is 20.3. The highest BCUT2D eigenvalue weighted by Crippen LogP contribution is 2.22. The van der Waals surface area contributed by atoms with Crippen LogP contribution in [0.4, 0.5) is 10.5 Å². The smallest absolute Gasteiger partial charge is 0.321 e. The molecule has 0 bridgehead atoms. The molecule has 0 aliphatic carbocycles. The molecule has 2 aliphatic heterocycles. The number of ether oxygens (including phenoxy) is 1. The summed E-state index contributed by atoms with van der Waals surface area (Å²) >= 11 is 0. The topological polar surface area (TPSA) is 79.0 Å². The Hall–Kier alpha value is -1.64. The SMILES string of the molecule is CCc1ccc(NC(=O)N2CCC(OC3CCN(S(C)(=O)=O)CC3)CC2)cc1. The fourth-order valence-electron chi connectivity index (χ4n) is 3.79. The number of carbonyl (C=O) groups is 1. The molecule has 1 N–H and O–H groups in total. The van der Waals surface area contributed by atoms with Crippen LogP contribution in [0.3, 0.4) is 0 Å². The minimum absolute atomic E-state index is 0.0656. The number of anilines is 1. The van der Waals surface area contributed by atoms with Crippen molar-refractivity contribution in [2.24, 2.45) is 0 Å². The van der Waals surface area contributed by atoms with Crippen molar-refractivity contribution in [3.8, 4) is 0 Å². The van der Waals surface area contributed by atoms with Crippen molar-refractivity contribution < 1.29 is 17.9 Å². The molecule has 156 valence electrons. The van der Waals surface area contributed by atoms with E-state index in [0.29, 0.717) is 26.2 Å². The van der Waals surface area contributed by atoms with Crippen LogP contribution < -0.4 is 5.32 Å². The number of aryl methyl sites for hydroxylation is 1. The zero-order valence-electron chi connectivity index (χ0n) is 16.8. The van der Waals surface area contributed by atoms with E-state index in [9.17, 15) is 13.2 Å². The molecule has 0 aromatic heterocycles. The lowest BCUT2D eigenvalue weighted by atomic mass is 10.1. The maximum absolute atomic E-state index is 12.5. The van der Waals surface area contributed by atoms with E-state index in [4.69, 9.17) is 4.74 Å². The van der Waals surface area contributed by atoms with Crippen molar-refractivity contribution in [2.45, 2.75) is 51.2 Å². The largest absolute Gasteiger partial charge is 0.375 e. The molecule has 0 unspecified atom stereocenters. The molecule has 0 atom stereocenters. The summed E-state index contributed by atoms with van der Waals surface area (Å²) in [4.78, 5) is 14.3. The molecule has 3 rings (SSSR count). The van der Waals surface area contributed by atoms with Crippen LogP contribution in [0.25, 0.3) is 0 Å². The van der Waals surface area contributed by atoms with Gasteiger partial charge in [-0.3, -0.25) is 0 Å². The molecule has 0 saturated carbocycles. The lowest BCUT2D eigenvalue weighted by Gasteiger charge is -2.36. The lowest BCUT2D eigenvalue weighted by Crippen LogP contribution is -2.45. The zero-order valence-corrected chi connectivity index (χ0v) is 17.6. The lowest BCUT2D eigenvalue weighted by molar-refractivity contribution is -0.0542. The summed E-state index contributed by atoms with van der Waals surface area (Å²) in [5.41, 5.74) is 2.07. The molecule has 0 radical (unpaired) electrons. The van der Waals surface area contributed by atoms with Gasteiger partial charge in [0.15, 0.2) is 0 Å². The number of sulfonamides is 1. The molecule has 7 nitrogen and oxygen atoms in total. The molecule has 2 amide bonds. The zero-order chi connectivity index (χ0) is 20.1. The van der Waals surface area contributed by atoms with E-state index in [0.717, 1.165) is 37.8 Å². The maximum atomic E-state index is 12.5. The minimum Gasteiger partial charge on any atom is -0.375 e. The molecular weight excluding hydrogens is 378 g/mol. The standard InChI is InChI=1S/C20H31N3O4S/c1-3-16-4-6-17(7-5-16)21-20(24)22-12-8-18(9-13-22)27-19-10-14-23(15-11-19)28(2,25)26/h4-7,18-19H,3,8-15H2,1-2H3,(H,21,24). The van der Waals surface area contributed by atoms with E-state index >= 15 is 0 Å². The highest BCUT2D eigenvalue weighted by Gasteiger charge is 2.29. The summed E-state index contributed by atoms with van der Waals surface area (Å²) in [6, 6.07) is 7.88. The first-order chi connectivity index (χ1) is 13.3. The number of nitrogens with one attached hydrogen (secondary N) is 1. The molecule has 1 aromatic carbocycles. The molecule has 0 spiro atoms. The van der Waals surface area contributed by atoms with Gasteiger partial charge in [-0.25, -0.2) is 17.5 Å². The molecule has 2 fully saturated rings. The van der Waals surface area contributed by atoms with Gasteiger partial charge in [0.2, 0.25) is 10.0 Å². The summed E-state index contributed by atoms with van der Waals surface area (Å²) in [5.74, 6) is 0. The highest BCUT2D eigenvalue weighted by atomic mass is 32.2. The Balaban J connectivity index is 1.40. The van der Waals surface area contributed by atoms with Gasteiger partial charge in [0.25, 0.3) is 0 Å². The van der Waals surface area contributed by atoms with Crippen molar-refractivity contribution in [3.05, 3.63) is 29.8 Å². The van der Waals surface area contributed by atoms with Gasteiger partial charge >= 0.3 is 6.03 Å². The van der Waals surface area contributed by atoms with Gasteiger partial charge in [-0.15, -0.1) is 0 Å². The van der Waals surface area contributed by atoms with E-state index in [1.54, 1.807) is 0 Å². The fourth-order valence-corrected chi connectivity index (χ4v) is 4.67. The number of rotatable bonds is 5. The molecule has 1 aromatic rings. The first kappa shape index (κ1) is 21.1. The van der Waals surface area contributed by atoms with Crippen LogP contribution in [0.5, 0.6) is 0 Å². The van der Waals surface area contributed by atoms with Crippen molar-refractivity contribution in [2.75, 3.05) is 37.8 Å². The van der Waals surface area contributed by atoms with Crippen LogP contribution in [-0.2, 0) is 21.2 Å². The highest BCUT2D eigenvalue weighted by molar-refractivity contribution is 7.88. The van der Waals surface area contributed by atoms with Crippen LogP contribution in [-0.4, -0.2) is 68.3 Å². The third-order valence-corrected chi connectivity index (χ3v) is 6.90. The third-order valence-electron chi connectivity index (χ3n) is 5.60. The van der Waals surface area contributed by atoms with E-state index in [-0.39, 0.29) is 18.2 Å². The first-order valence-electron chi connectivity index (χ1n) is 10.1. The van der Waals surface area contributed by atoms with Gasteiger partial charge in [-0.05, 0) is 49.8 Å². The van der Waals surface area contributed by atoms with Crippen LogP contribution in [0.15, 0.2) is 24.3 Å². The van der Waals surface area contributed by atoms with E-state index in [1.807, 2.05) is 29.2 Å². The van der Waals surface area contributed by atoms with Crippen molar-refractivity contribution in [1.29, 1.82) is 0 Å². The monoisotopic (exact) mass is 409 g/mol. The van der Waals surface area contributed by atoms with Gasteiger partial charge in [-0.2, -0.15) is 0 Å². The second kappa shape index (κ2) is 9.24. The van der Waals surface area contributed by atoms with Crippen LogP contribution in [0.2, 0.25) is 0 Å². The number of amides is 2. The van der Waals surface area contributed by atoms with Gasteiger partial charge in [0.1, 0.15) is 0 Å². The first-order valence-corrected chi connectivity index (χ1v) is 12.0. The minimum atomic E-state index is -3.10. The molecular formula is C20H31N3O4S. The predicted octanol–water partition coefficient (Wildman–Crippen LogP) is 2.69. The summed E-state index contributed by atoms with van der Waals surface area (Å²) in [5, 5.41) is 2.96. The third kappa shape index (κ3) is 5.68. The summed E-state index contributed by atoms with van der Waals surface area (Å²) < 4.78 is 30.9. The van der Waals surface area contributed by atoms with Gasteiger partial charge in [-0.1, -0.05) is 19.1 Å². The van der Waals surface area contributed by atoms with E-state index in [2.05, 4.69) is 12.2 Å². The molecule has 2 aliphatic rings. The van der Waals surface area contributed by atoms with Gasteiger partial charge in [0.05, 0.1) is 18.5 Å². The number of nitrogens with zero attached hydrogens (tertiary/aromatic N) is 2. The van der Waals surface area contributed by atoms with Crippen molar-refractivity contribution >= 4 is 21.7 Å². The van der Waals surface area contributed by atoms with Crippen LogP contribution in [0, 0.1) is 0 Å². The number of urea groups is 1. The van der Waals surface area contributed by atoms with Crippen LogP contribution >= 0.6 is 0 Å². The van der Waals surface area contributed by atoms with Crippen molar-refractivity contribution in [1.82, 2.24) is 9.21 Å². The molecule has 2 saturated heterocycles.